The first-order valence-corrected chi connectivity index (χ1v) is 8.64. The monoisotopic (exact) mass is 331 g/mol. The smallest absolute Gasteiger partial charge is 0.253 e. The Balaban J connectivity index is 1.59. The van der Waals surface area contributed by atoms with E-state index in [1.807, 2.05) is 0 Å². The maximum Gasteiger partial charge on any atom is 0.253 e. The zero-order chi connectivity index (χ0) is 16.9. The first-order chi connectivity index (χ1) is 11.6. The second kappa shape index (κ2) is 7.77. The van der Waals surface area contributed by atoms with Crippen LogP contribution in [0.1, 0.15) is 36.0 Å². The number of likely N-dealkylation sites (tertiary alicyclic amines) is 1. The highest BCUT2D eigenvalue weighted by Crippen LogP contribution is 2.17. The zero-order valence-electron chi connectivity index (χ0n) is 14.1. The Labute approximate surface area is 142 Å². The van der Waals surface area contributed by atoms with E-state index in [2.05, 4.69) is 22.6 Å². The topological polar surface area (TPSA) is 70.7 Å². The second-order valence-electron chi connectivity index (χ2n) is 6.65. The number of carbonyl (C=O) groups is 2. The summed E-state index contributed by atoms with van der Waals surface area (Å²) in [5.41, 5.74) is 1.19. The number of carbonyl (C=O) groups excluding carboxylic acids is 2. The van der Waals surface area contributed by atoms with Crippen LogP contribution in [0.25, 0.3) is 0 Å². The highest BCUT2D eigenvalue weighted by atomic mass is 16.5. The van der Waals surface area contributed by atoms with Crippen molar-refractivity contribution < 1.29 is 14.3 Å². The Morgan fingerprint density at radius 3 is 2.88 bits per heavy atom. The summed E-state index contributed by atoms with van der Waals surface area (Å²) in [6, 6.07) is 7.24. The lowest BCUT2D eigenvalue weighted by Crippen LogP contribution is -2.46. The summed E-state index contributed by atoms with van der Waals surface area (Å²) < 4.78 is 5.38. The molecule has 0 aromatic heterocycles. The molecule has 0 saturated carbocycles. The minimum atomic E-state index is -0.375. The third kappa shape index (κ3) is 4.33. The van der Waals surface area contributed by atoms with E-state index in [9.17, 15) is 9.59 Å². The summed E-state index contributed by atoms with van der Waals surface area (Å²) in [4.78, 5) is 26.8. The van der Waals surface area contributed by atoms with E-state index in [1.54, 1.807) is 24.3 Å². The molecule has 24 heavy (non-hydrogen) atoms. The first-order valence-electron chi connectivity index (χ1n) is 8.64. The predicted molar refractivity (Wildman–Crippen MR) is 92.0 cm³/mol. The molecule has 2 amide bonds. The normalized spacial score (nSPS) is 24.5. The van der Waals surface area contributed by atoms with E-state index in [0.717, 1.165) is 38.8 Å². The van der Waals surface area contributed by atoms with Gasteiger partial charge in [0, 0.05) is 30.4 Å². The highest BCUT2D eigenvalue weighted by molar-refractivity contribution is 5.98. The molecule has 0 unspecified atom stereocenters. The minimum absolute atomic E-state index is 0.0940. The summed E-state index contributed by atoms with van der Waals surface area (Å²) in [6.45, 7) is 2.59. The van der Waals surface area contributed by atoms with Gasteiger partial charge in [0.15, 0.2) is 0 Å². The van der Waals surface area contributed by atoms with Crippen LogP contribution >= 0.6 is 0 Å². The maximum absolute atomic E-state index is 12.4. The number of likely N-dealkylation sites (N-methyl/N-ethyl adjacent to an activating group) is 1. The third-order valence-electron chi connectivity index (χ3n) is 4.57. The van der Waals surface area contributed by atoms with Gasteiger partial charge < -0.3 is 20.3 Å². The van der Waals surface area contributed by atoms with Crippen LogP contribution in [0, 0.1) is 0 Å². The number of piperidine rings is 1. The summed E-state index contributed by atoms with van der Waals surface area (Å²) in [5.74, 6) is -0.234. The van der Waals surface area contributed by atoms with Crippen LogP contribution < -0.4 is 10.6 Å². The quantitative estimate of drug-likeness (QED) is 0.880. The van der Waals surface area contributed by atoms with Crippen molar-refractivity contribution >= 4 is 17.5 Å². The fraction of sp³-hybridized carbons (Fsp3) is 0.556. The van der Waals surface area contributed by atoms with Gasteiger partial charge in [-0.25, -0.2) is 0 Å². The van der Waals surface area contributed by atoms with Gasteiger partial charge in [-0.3, -0.25) is 9.59 Å². The van der Waals surface area contributed by atoms with Crippen molar-refractivity contribution in [1.82, 2.24) is 10.2 Å². The third-order valence-corrected chi connectivity index (χ3v) is 4.57. The molecule has 2 aliphatic heterocycles. The molecule has 6 nitrogen and oxygen atoms in total. The van der Waals surface area contributed by atoms with Crippen LogP contribution in [-0.2, 0) is 9.53 Å². The van der Waals surface area contributed by atoms with E-state index in [1.165, 1.54) is 0 Å². The minimum Gasteiger partial charge on any atom is -0.368 e. The molecule has 0 radical (unpaired) electrons. The van der Waals surface area contributed by atoms with Crippen molar-refractivity contribution in [3.8, 4) is 0 Å². The Hall–Kier alpha value is -1.92. The van der Waals surface area contributed by atoms with E-state index in [-0.39, 0.29) is 24.0 Å². The largest absolute Gasteiger partial charge is 0.368 e. The lowest BCUT2D eigenvalue weighted by molar-refractivity contribution is -0.124. The number of rotatable bonds is 4. The van der Waals surface area contributed by atoms with Crippen LogP contribution in [0.15, 0.2) is 24.3 Å². The van der Waals surface area contributed by atoms with E-state index in [4.69, 9.17) is 4.74 Å². The number of amides is 2. The molecule has 0 spiro atoms. The van der Waals surface area contributed by atoms with E-state index in [0.29, 0.717) is 17.9 Å². The second-order valence-corrected chi connectivity index (χ2v) is 6.65. The summed E-state index contributed by atoms with van der Waals surface area (Å²) >= 11 is 0. The van der Waals surface area contributed by atoms with Crippen molar-refractivity contribution in [2.75, 3.05) is 32.1 Å². The van der Waals surface area contributed by atoms with Gasteiger partial charge in [-0.15, -0.1) is 0 Å². The molecule has 1 aromatic rings. The zero-order valence-corrected chi connectivity index (χ0v) is 14.1. The highest BCUT2D eigenvalue weighted by Gasteiger charge is 2.24. The van der Waals surface area contributed by atoms with Crippen molar-refractivity contribution in [2.24, 2.45) is 0 Å². The first kappa shape index (κ1) is 16.9. The number of hydrogen-bond donors (Lipinski definition) is 2. The average molecular weight is 331 g/mol. The molecule has 2 fully saturated rings. The van der Waals surface area contributed by atoms with Gasteiger partial charge in [0.05, 0.1) is 0 Å². The fourth-order valence-electron chi connectivity index (χ4n) is 3.30. The molecule has 130 valence electrons. The summed E-state index contributed by atoms with van der Waals surface area (Å²) in [5, 5.41) is 5.92. The maximum atomic E-state index is 12.4. The summed E-state index contributed by atoms with van der Waals surface area (Å²) in [7, 11) is 2.07. The van der Waals surface area contributed by atoms with E-state index < -0.39 is 0 Å². The number of hydrogen-bond acceptors (Lipinski definition) is 4. The number of benzene rings is 1. The van der Waals surface area contributed by atoms with Gasteiger partial charge in [-0.05, 0) is 57.5 Å². The van der Waals surface area contributed by atoms with Crippen LogP contribution in [-0.4, -0.2) is 55.6 Å². The lowest BCUT2D eigenvalue weighted by atomic mass is 10.1. The van der Waals surface area contributed by atoms with Crippen LogP contribution in [0.4, 0.5) is 5.69 Å². The molecule has 6 heteroatoms. The molecule has 0 aliphatic carbocycles. The molecular formula is C18H25N3O3. The number of anilines is 1. The molecule has 2 saturated heterocycles. The predicted octanol–water partition coefficient (Wildman–Crippen LogP) is 1.63. The molecule has 2 N–H and O–H groups in total. The van der Waals surface area contributed by atoms with E-state index >= 15 is 0 Å². The van der Waals surface area contributed by atoms with Gasteiger partial charge in [0.25, 0.3) is 11.8 Å². The van der Waals surface area contributed by atoms with Gasteiger partial charge in [0.1, 0.15) is 6.10 Å². The Morgan fingerprint density at radius 2 is 2.12 bits per heavy atom. The van der Waals surface area contributed by atoms with Crippen molar-refractivity contribution in [2.45, 2.75) is 37.8 Å². The molecule has 1 aromatic carbocycles. The van der Waals surface area contributed by atoms with Gasteiger partial charge in [-0.2, -0.15) is 0 Å². The lowest BCUT2D eigenvalue weighted by Gasteiger charge is -2.30. The van der Waals surface area contributed by atoms with Crippen molar-refractivity contribution in [3.05, 3.63) is 29.8 Å². The van der Waals surface area contributed by atoms with Crippen molar-refractivity contribution in [1.29, 1.82) is 0 Å². The SMILES string of the molecule is CN1CCC[C@@H](NC(=O)c2cccc(NC(=O)[C@@H]3CCCO3)c2)C1. The van der Waals surface area contributed by atoms with Crippen LogP contribution in [0.5, 0.6) is 0 Å². The fourth-order valence-corrected chi connectivity index (χ4v) is 3.30. The number of nitrogens with one attached hydrogen (secondary N) is 2. The molecule has 2 aliphatic rings. The Morgan fingerprint density at radius 1 is 1.25 bits per heavy atom. The van der Waals surface area contributed by atoms with Crippen LogP contribution in [0.2, 0.25) is 0 Å². The molecule has 3 rings (SSSR count). The molecular weight excluding hydrogens is 306 g/mol. The molecule has 2 atom stereocenters. The molecule has 2 heterocycles. The standard InChI is InChI=1S/C18H25N3O3/c1-21-9-3-7-15(12-21)20-17(22)13-5-2-6-14(11-13)19-18(23)16-8-4-10-24-16/h2,5-6,11,15-16H,3-4,7-10,12H2,1H3,(H,19,23)(H,20,22)/t15-,16+/m1/s1. The van der Waals surface area contributed by atoms with Gasteiger partial charge in [-0.1, -0.05) is 6.07 Å². The average Bonchev–Trinajstić information content (AvgIpc) is 3.10. The number of ether oxygens (including phenoxy) is 1. The van der Waals surface area contributed by atoms with Gasteiger partial charge in [0.2, 0.25) is 0 Å². The van der Waals surface area contributed by atoms with Gasteiger partial charge >= 0.3 is 0 Å². The Kier molecular flexibility index (Phi) is 5.48. The van der Waals surface area contributed by atoms with Crippen molar-refractivity contribution in [3.63, 3.8) is 0 Å². The molecule has 0 bridgehead atoms. The van der Waals surface area contributed by atoms with Crippen LogP contribution in [0.3, 0.4) is 0 Å². The summed E-state index contributed by atoms with van der Waals surface area (Å²) in [6.07, 6.45) is 3.39. The number of nitrogens with zero attached hydrogens (tertiary/aromatic N) is 1. The Bertz CT molecular complexity index is 599.